The molecule has 0 radical (unpaired) electrons. The molecule has 2 aromatic heterocycles. The van der Waals surface area contributed by atoms with Gasteiger partial charge in [0.25, 0.3) is 0 Å². The number of carboxylic acids is 1. The van der Waals surface area contributed by atoms with E-state index < -0.39 is 5.97 Å². The smallest absolute Gasteiger partial charge is 0.371 e. The maximum atomic E-state index is 11.1. The zero-order chi connectivity index (χ0) is 15.9. The van der Waals surface area contributed by atoms with E-state index in [0.29, 0.717) is 11.1 Å². The van der Waals surface area contributed by atoms with Crippen LogP contribution in [0.2, 0.25) is 0 Å². The SMILES string of the molecule is Cc1ccc(-c2cc(C(C)C)c3oc(C(=O)O)cc3n2)cc1. The standard InChI is InChI=1S/C18H17NO3/c1-10(2)13-8-14(12-6-4-11(3)5-7-12)19-15-9-16(18(20)21)22-17(13)15/h4-10H,1-3H3,(H,20,21). The Balaban J connectivity index is 2.24. The molecule has 2 heterocycles. The van der Waals surface area contributed by atoms with Gasteiger partial charge >= 0.3 is 5.97 Å². The summed E-state index contributed by atoms with van der Waals surface area (Å²) in [5.74, 6) is -0.947. The number of carbonyl (C=O) groups is 1. The van der Waals surface area contributed by atoms with Gasteiger partial charge in [-0.3, -0.25) is 0 Å². The lowest BCUT2D eigenvalue weighted by Gasteiger charge is -2.09. The quantitative estimate of drug-likeness (QED) is 0.765. The summed E-state index contributed by atoms with van der Waals surface area (Å²) in [5, 5.41) is 9.11. The molecule has 3 rings (SSSR count). The van der Waals surface area contributed by atoms with Gasteiger partial charge in [0.05, 0.1) is 5.69 Å². The van der Waals surface area contributed by atoms with E-state index in [0.717, 1.165) is 16.8 Å². The van der Waals surface area contributed by atoms with E-state index in [1.807, 2.05) is 37.3 Å². The number of aryl methyl sites for hydroxylation is 1. The average Bonchev–Trinajstić information content (AvgIpc) is 2.91. The van der Waals surface area contributed by atoms with E-state index in [-0.39, 0.29) is 11.7 Å². The Kier molecular flexibility index (Phi) is 3.45. The van der Waals surface area contributed by atoms with Gasteiger partial charge in [-0.2, -0.15) is 0 Å². The van der Waals surface area contributed by atoms with Crippen molar-refractivity contribution < 1.29 is 14.3 Å². The Morgan fingerprint density at radius 1 is 1.18 bits per heavy atom. The highest BCUT2D eigenvalue weighted by molar-refractivity contribution is 5.91. The van der Waals surface area contributed by atoms with Crippen molar-refractivity contribution in [3.05, 3.63) is 53.3 Å². The number of benzene rings is 1. The molecule has 0 aliphatic rings. The summed E-state index contributed by atoms with van der Waals surface area (Å²) in [6.07, 6.45) is 0. The predicted octanol–water partition coefficient (Wildman–Crippen LogP) is 4.62. The molecule has 22 heavy (non-hydrogen) atoms. The maximum Gasteiger partial charge on any atom is 0.371 e. The van der Waals surface area contributed by atoms with Gasteiger partial charge in [0.2, 0.25) is 5.76 Å². The number of hydrogen-bond acceptors (Lipinski definition) is 3. The van der Waals surface area contributed by atoms with Crippen molar-refractivity contribution in [3.63, 3.8) is 0 Å². The Bertz CT molecular complexity index is 845. The van der Waals surface area contributed by atoms with Crippen LogP contribution in [0.1, 0.15) is 41.4 Å². The van der Waals surface area contributed by atoms with Crippen LogP contribution in [0.25, 0.3) is 22.4 Å². The molecule has 0 amide bonds. The lowest BCUT2D eigenvalue weighted by atomic mass is 10.00. The van der Waals surface area contributed by atoms with E-state index in [9.17, 15) is 4.79 Å². The van der Waals surface area contributed by atoms with Crippen molar-refractivity contribution in [3.8, 4) is 11.3 Å². The van der Waals surface area contributed by atoms with Gasteiger partial charge in [-0.1, -0.05) is 43.7 Å². The third kappa shape index (κ3) is 2.48. The number of rotatable bonds is 3. The molecule has 0 aliphatic carbocycles. The normalized spacial score (nSPS) is 11.3. The number of furan rings is 1. The van der Waals surface area contributed by atoms with E-state index in [4.69, 9.17) is 9.52 Å². The minimum atomic E-state index is -1.08. The van der Waals surface area contributed by atoms with Crippen molar-refractivity contribution in [1.82, 2.24) is 4.98 Å². The number of aromatic carboxylic acids is 1. The zero-order valence-electron chi connectivity index (χ0n) is 12.8. The number of carboxylic acid groups (broad SMARTS) is 1. The molecule has 0 unspecified atom stereocenters. The molecule has 0 saturated carbocycles. The minimum Gasteiger partial charge on any atom is -0.475 e. The first-order chi connectivity index (χ1) is 10.5. The maximum absolute atomic E-state index is 11.1. The fourth-order valence-electron chi connectivity index (χ4n) is 2.45. The third-order valence-electron chi connectivity index (χ3n) is 3.69. The second-order valence-corrected chi connectivity index (χ2v) is 5.75. The summed E-state index contributed by atoms with van der Waals surface area (Å²) in [6.45, 7) is 6.14. The summed E-state index contributed by atoms with van der Waals surface area (Å²) in [7, 11) is 0. The second-order valence-electron chi connectivity index (χ2n) is 5.75. The molecule has 0 fully saturated rings. The first kappa shape index (κ1) is 14.3. The van der Waals surface area contributed by atoms with Crippen molar-refractivity contribution in [1.29, 1.82) is 0 Å². The monoisotopic (exact) mass is 295 g/mol. The average molecular weight is 295 g/mol. The van der Waals surface area contributed by atoms with Crippen LogP contribution in [-0.4, -0.2) is 16.1 Å². The highest BCUT2D eigenvalue weighted by Crippen LogP contribution is 2.31. The Hall–Kier alpha value is -2.62. The highest BCUT2D eigenvalue weighted by atomic mass is 16.4. The van der Waals surface area contributed by atoms with Crippen LogP contribution in [0.15, 0.2) is 40.8 Å². The summed E-state index contributed by atoms with van der Waals surface area (Å²) in [6, 6.07) is 11.6. The van der Waals surface area contributed by atoms with Crippen LogP contribution in [0.5, 0.6) is 0 Å². The van der Waals surface area contributed by atoms with Gasteiger partial charge in [-0.25, -0.2) is 9.78 Å². The fraction of sp³-hybridized carbons (Fsp3) is 0.222. The number of hydrogen-bond donors (Lipinski definition) is 1. The molecular formula is C18H17NO3. The Labute approximate surface area is 128 Å². The number of pyridine rings is 1. The summed E-state index contributed by atoms with van der Waals surface area (Å²) >= 11 is 0. The lowest BCUT2D eigenvalue weighted by molar-refractivity contribution is 0.0665. The van der Waals surface area contributed by atoms with E-state index in [1.165, 1.54) is 11.6 Å². The molecule has 0 aliphatic heterocycles. The molecule has 1 aromatic carbocycles. The molecule has 0 bridgehead atoms. The van der Waals surface area contributed by atoms with Crippen molar-refractivity contribution in [2.45, 2.75) is 26.7 Å². The molecular weight excluding hydrogens is 278 g/mol. The van der Waals surface area contributed by atoms with Gasteiger partial charge in [-0.15, -0.1) is 0 Å². The van der Waals surface area contributed by atoms with Gasteiger partial charge in [0.15, 0.2) is 5.58 Å². The van der Waals surface area contributed by atoms with Crippen molar-refractivity contribution in [2.75, 3.05) is 0 Å². The van der Waals surface area contributed by atoms with Gasteiger partial charge in [0, 0.05) is 17.2 Å². The Morgan fingerprint density at radius 2 is 1.86 bits per heavy atom. The predicted molar refractivity (Wildman–Crippen MR) is 85.2 cm³/mol. The van der Waals surface area contributed by atoms with Crippen LogP contribution < -0.4 is 0 Å². The molecule has 1 N–H and O–H groups in total. The lowest BCUT2D eigenvalue weighted by Crippen LogP contribution is -1.93. The van der Waals surface area contributed by atoms with Crippen LogP contribution in [0.4, 0.5) is 0 Å². The van der Waals surface area contributed by atoms with Crippen LogP contribution >= 0.6 is 0 Å². The summed E-state index contributed by atoms with van der Waals surface area (Å²) < 4.78 is 5.47. The minimum absolute atomic E-state index is 0.0783. The number of nitrogens with zero attached hydrogens (tertiary/aromatic N) is 1. The number of fused-ring (bicyclic) bond motifs is 1. The molecule has 3 aromatic rings. The summed E-state index contributed by atoms with van der Waals surface area (Å²) in [5.41, 5.74) is 5.13. The fourth-order valence-corrected chi connectivity index (χ4v) is 2.45. The Morgan fingerprint density at radius 3 is 2.45 bits per heavy atom. The van der Waals surface area contributed by atoms with Crippen molar-refractivity contribution >= 4 is 17.1 Å². The molecule has 0 saturated heterocycles. The second kappa shape index (κ2) is 5.30. The summed E-state index contributed by atoms with van der Waals surface area (Å²) in [4.78, 5) is 15.7. The molecule has 4 nitrogen and oxygen atoms in total. The number of aromatic nitrogens is 1. The van der Waals surface area contributed by atoms with Gasteiger partial charge < -0.3 is 9.52 Å². The van der Waals surface area contributed by atoms with E-state index in [1.54, 1.807) is 0 Å². The van der Waals surface area contributed by atoms with Crippen LogP contribution in [0.3, 0.4) is 0 Å². The largest absolute Gasteiger partial charge is 0.475 e. The van der Waals surface area contributed by atoms with Crippen LogP contribution in [0, 0.1) is 6.92 Å². The molecule has 112 valence electrons. The first-order valence-electron chi connectivity index (χ1n) is 7.20. The molecule has 0 spiro atoms. The van der Waals surface area contributed by atoms with Gasteiger partial charge in [0.1, 0.15) is 5.52 Å². The highest BCUT2D eigenvalue weighted by Gasteiger charge is 2.17. The zero-order valence-corrected chi connectivity index (χ0v) is 12.8. The topological polar surface area (TPSA) is 63.3 Å². The van der Waals surface area contributed by atoms with Crippen molar-refractivity contribution in [2.24, 2.45) is 0 Å². The van der Waals surface area contributed by atoms with E-state index >= 15 is 0 Å². The third-order valence-corrected chi connectivity index (χ3v) is 3.69. The van der Waals surface area contributed by atoms with E-state index in [2.05, 4.69) is 18.8 Å². The van der Waals surface area contributed by atoms with Crippen LogP contribution in [-0.2, 0) is 0 Å². The first-order valence-corrected chi connectivity index (χ1v) is 7.20. The molecule has 0 atom stereocenters. The van der Waals surface area contributed by atoms with Gasteiger partial charge in [-0.05, 0) is 18.9 Å². The molecule has 4 heteroatoms.